The van der Waals surface area contributed by atoms with Gasteiger partial charge in [0.25, 0.3) is 0 Å². The maximum absolute atomic E-state index is 10.6. The van der Waals surface area contributed by atoms with Crippen LogP contribution in [0.25, 0.3) is 0 Å². The van der Waals surface area contributed by atoms with Gasteiger partial charge in [0.1, 0.15) is 0 Å². The van der Waals surface area contributed by atoms with E-state index in [0.29, 0.717) is 0 Å². The topological polar surface area (TPSA) is 17.1 Å². The smallest absolute Gasteiger partial charge is 0.180 e. The first-order valence-corrected chi connectivity index (χ1v) is 2.69. The molecule has 1 heteroatoms. The molecule has 1 aliphatic rings. The molecule has 0 fully saturated rings. The van der Waals surface area contributed by atoms with Crippen LogP contribution in [-0.2, 0) is 4.79 Å². The summed E-state index contributed by atoms with van der Waals surface area (Å²) in [5, 5.41) is 0. The second-order valence-electron chi connectivity index (χ2n) is 1.91. The van der Waals surface area contributed by atoms with Crippen molar-refractivity contribution in [1.82, 2.24) is 0 Å². The Morgan fingerprint density at radius 2 is 2.38 bits per heavy atom. The van der Waals surface area contributed by atoms with E-state index in [4.69, 9.17) is 0 Å². The molecule has 0 heterocycles. The van der Waals surface area contributed by atoms with E-state index >= 15 is 0 Å². The first-order chi connectivity index (χ1) is 3.80. The minimum atomic E-state index is 0.0938. The maximum Gasteiger partial charge on any atom is 0.180 e. The van der Waals surface area contributed by atoms with E-state index in [-0.39, 0.29) is 5.78 Å². The lowest BCUT2D eigenvalue weighted by Gasteiger charge is -2.02. The van der Waals surface area contributed by atoms with Gasteiger partial charge in [-0.3, -0.25) is 4.79 Å². The predicted molar refractivity (Wildman–Crippen MR) is 32.5 cm³/mol. The van der Waals surface area contributed by atoms with Gasteiger partial charge >= 0.3 is 0 Å². The molecule has 0 saturated carbocycles. The molecule has 8 heavy (non-hydrogen) atoms. The number of hydrogen-bond acceptors (Lipinski definition) is 1. The quantitative estimate of drug-likeness (QED) is 0.429. The van der Waals surface area contributed by atoms with Crippen molar-refractivity contribution >= 4 is 5.78 Å². The van der Waals surface area contributed by atoms with Gasteiger partial charge < -0.3 is 0 Å². The average Bonchev–Trinajstić information content (AvgIpc) is 1.77. The monoisotopic (exact) mass is 108 g/mol. The van der Waals surface area contributed by atoms with Crippen molar-refractivity contribution < 1.29 is 4.79 Å². The number of hydrogen-bond donors (Lipinski definition) is 0. The Bertz CT molecular complexity index is 154. The third-order valence-corrected chi connectivity index (χ3v) is 1.23. The van der Waals surface area contributed by atoms with Crippen LogP contribution in [0.4, 0.5) is 0 Å². The molecule has 0 N–H and O–H groups in total. The molecular weight excluding hydrogens is 100 g/mol. The van der Waals surface area contributed by atoms with Crippen molar-refractivity contribution in [3.05, 3.63) is 24.3 Å². The van der Waals surface area contributed by atoms with Crippen LogP contribution < -0.4 is 0 Å². The standard InChI is InChI=1S/C7H8O/c1-6-4-2-3-5-7(6)8/h3,5H,1-2,4H2. The minimum Gasteiger partial charge on any atom is -0.290 e. The van der Waals surface area contributed by atoms with Gasteiger partial charge in [0, 0.05) is 0 Å². The summed E-state index contributed by atoms with van der Waals surface area (Å²) in [5.41, 5.74) is 0.743. The molecule has 0 unspecified atom stereocenters. The third-order valence-electron chi connectivity index (χ3n) is 1.23. The number of allylic oxidation sites excluding steroid dienone is 3. The fourth-order valence-electron chi connectivity index (χ4n) is 0.689. The molecule has 1 aliphatic carbocycles. The predicted octanol–water partition coefficient (Wildman–Crippen LogP) is 1.46. The molecule has 0 saturated heterocycles. The van der Waals surface area contributed by atoms with E-state index < -0.39 is 0 Å². The Balaban J connectivity index is 2.75. The van der Waals surface area contributed by atoms with Crippen molar-refractivity contribution in [3.8, 4) is 0 Å². The van der Waals surface area contributed by atoms with Gasteiger partial charge in [-0.15, -0.1) is 0 Å². The van der Waals surface area contributed by atoms with Crippen molar-refractivity contribution in [2.45, 2.75) is 12.8 Å². The van der Waals surface area contributed by atoms with Crippen LogP contribution in [0.2, 0.25) is 0 Å². The van der Waals surface area contributed by atoms with E-state index in [9.17, 15) is 4.79 Å². The van der Waals surface area contributed by atoms with Gasteiger partial charge in [0.2, 0.25) is 0 Å². The lowest BCUT2D eigenvalue weighted by molar-refractivity contribution is -0.111. The lowest BCUT2D eigenvalue weighted by Crippen LogP contribution is -2.00. The zero-order valence-electron chi connectivity index (χ0n) is 4.68. The maximum atomic E-state index is 10.6. The molecule has 0 aliphatic heterocycles. The molecule has 0 aromatic rings. The average molecular weight is 108 g/mol. The highest BCUT2D eigenvalue weighted by Crippen LogP contribution is 2.10. The Morgan fingerprint density at radius 3 is 2.75 bits per heavy atom. The van der Waals surface area contributed by atoms with Crippen LogP contribution in [-0.4, -0.2) is 5.78 Å². The number of carbonyl (C=O) groups is 1. The van der Waals surface area contributed by atoms with Crippen LogP contribution >= 0.6 is 0 Å². The van der Waals surface area contributed by atoms with Crippen LogP contribution in [0.1, 0.15) is 12.8 Å². The zero-order chi connectivity index (χ0) is 5.98. The van der Waals surface area contributed by atoms with Gasteiger partial charge in [-0.2, -0.15) is 0 Å². The van der Waals surface area contributed by atoms with Gasteiger partial charge in [-0.25, -0.2) is 0 Å². The fourth-order valence-corrected chi connectivity index (χ4v) is 0.689. The summed E-state index contributed by atoms with van der Waals surface area (Å²) < 4.78 is 0. The van der Waals surface area contributed by atoms with E-state index in [2.05, 4.69) is 6.58 Å². The second-order valence-corrected chi connectivity index (χ2v) is 1.91. The van der Waals surface area contributed by atoms with Gasteiger partial charge in [-0.1, -0.05) is 12.7 Å². The highest BCUT2D eigenvalue weighted by molar-refractivity contribution is 6.04. The summed E-state index contributed by atoms with van der Waals surface area (Å²) >= 11 is 0. The molecule has 1 rings (SSSR count). The summed E-state index contributed by atoms with van der Waals surface area (Å²) in [7, 11) is 0. The van der Waals surface area contributed by atoms with E-state index in [0.717, 1.165) is 18.4 Å². The van der Waals surface area contributed by atoms with Crippen molar-refractivity contribution in [3.63, 3.8) is 0 Å². The van der Waals surface area contributed by atoms with Crippen LogP contribution in [0, 0.1) is 0 Å². The molecule has 0 aromatic heterocycles. The molecule has 0 spiro atoms. The molecule has 0 amide bonds. The minimum absolute atomic E-state index is 0.0938. The van der Waals surface area contributed by atoms with Crippen LogP contribution in [0.3, 0.4) is 0 Å². The number of rotatable bonds is 0. The summed E-state index contributed by atoms with van der Waals surface area (Å²) in [6.45, 7) is 3.59. The van der Waals surface area contributed by atoms with Gasteiger partial charge in [0.05, 0.1) is 0 Å². The highest BCUT2D eigenvalue weighted by atomic mass is 16.1. The molecular formula is C7H8O. The Hall–Kier alpha value is -0.850. The zero-order valence-corrected chi connectivity index (χ0v) is 4.68. The largest absolute Gasteiger partial charge is 0.290 e. The molecule has 0 aromatic carbocycles. The van der Waals surface area contributed by atoms with E-state index in [1.807, 2.05) is 6.08 Å². The Kier molecular flexibility index (Phi) is 1.29. The molecule has 0 atom stereocenters. The highest BCUT2D eigenvalue weighted by Gasteiger charge is 2.04. The van der Waals surface area contributed by atoms with Gasteiger partial charge in [0.15, 0.2) is 5.78 Å². The van der Waals surface area contributed by atoms with Gasteiger partial charge in [-0.05, 0) is 24.5 Å². The Labute approximate surface area is 48.7 Å². The lowest BCUT2D eigenvalue weighted by atomic mass is 10.0. The van der Waals surface area contributed by atoms with Crippen LogP contribution in [0.5, 0.6) is 0 Å². The molecule has 42 valence electrons. The normalized spacial score (nSPS) is 19.5. The summed E-state index contributed by atoms with van der Waals surface area (Å²) in [5.74, 6) is 0.0938. The SMILES string of the molecule is C=C1CCC=CC1=O. The molecule has 1 nitrogen and oxygen atoms in total. The Morgan fingerprint density at radius 1 is 1.62 bits per heavy atom. The molecule has 0 radical (unpaired) electrons. The van der Waals surface area contributed by atoms with E-state index in [1.165, 1.54) is 0 Å². The first kappa shape index (κ1) is 5.29. The summed E-state index contributed by atoms with van der Waals surface area (Å²) in [6, 6.07) is 0. The fraction of sp³-hybridized carbons (Fsp3) is 0.286. The van der Waals surface area contributed by atoms with Crippen molar-refractivity contribution in [2.75, 3.05) is 0 Å². The van der Waals surface area contributed by atoms with Crippen molar-refractivity contribution in [2.24, 2.45) is 0 Å². The number of carbonyl (C=O) groups excluding carboxylic acids is 1. The van der Waals surface area contributed by atoms with E-state index in [1.54, 1.807) is 6.08 Å². The summed E-state index contributed by atoms with van der Waals surface area (Å²) in [6.07, 6.45) is 5.29. The second kappa shape index (κ2) is 1.95. The summed E-state index contributed by atoms with van der Waals surface area (Å²) in [4.78, 5) is 10.6. The third kappa shape index (κ3) is 0.861. The van der Waals surface area contributed by atoms with Crippen LogP contribution in [0.15, 0.2) is 24.3 Å². The van der Waals surface area contributed by atoms with Crippen molar-refractivity contribution in [1.29, 1.82) is 0 Å². The molecule has 0 bridgehead atoms. The number of ketones is 1. The first-order valence-electron chi connectivity index (χ1n) is 2.69.